The van der Waals surface area contributed by atoms with Crippen molar-refractivity contribution in [2.45, 2.75) is 33.1 Å². The monoisotopic (exact) mass is 375 g/mol. The van der Waals surface area contributed by atoms with Gasteiger partial charge in [0.25, 0.3) is 0 Å². The van der Waals surface area contributed by atoms with Gasteiger partial charge in [-0.25, -0.2) is 17.6 Å². The normalized spacial score (nSPS) is 23.9. The molecule has 0 N–H and O–H groups in total. The van der Waals surface area contributed by atoms with Gasteiger partial charge in [0.15, 0.2) is 23.3 Å². The second-order valence-electron chi connectivity index (χ2n) is 6.72. The standard InChI is InChI=1S/C17H17F4NO2S/c1-16(2)14(17(16,3)7-22)15(23)24-5-8-10(18)12(20)9(6-25-4)13(21)11(8)19/h14H,5-6H2,1-4H3/t14-,17-/m0/s1. The van der Waals surface area contributed by atoms with E-state index in [0.29, 0.717) is 0 Å². The molecule has 1 saturated carbocycles. The van der Waals surface area contributed by atoms with Crippen LogP contribution < -0.4 is 0 Å². The first kappa shape index (κ1) is 19.6. The summed E-state index contributed by atoms with van der Waals surface area (Å²) in [6.07, 6.45) is 1.54. The number of halogens is 4. The minimum Gasteiger partial charge on any atom is -0.460 e. The van der Waals surface area contributed by atoms with Crippen molar-refractivity contribution < 1.29 is 27.1 Å². The quantitative estimate of drug-likeness (QED) is 0.437. The summed E-state index contributed by atoms with van der Waals surface area (Å²) in [6.45, 7) is 4.02. The summed E-state index contributed by atoms with van der Waals surface area (Å²) in [4.78, 5) is 12.1. The highest BCUT2D eigenvalue weighted by molar-refractivity contribution is 7.97. The lowest BCUT2D eigenvalue weighted by Crippen LogP contribution is -2.15. The Balaban J connectivity index is 2.23. The van der Waals surface area contributed by atoms with E-state index in [4.69, 9.17) is 10.00 Å². The van der Waals surface area contributed by atoms with Gasteiger partial charge in [-0.05, 0) is 18.6 Å². The molecular formula is C17H17F4NO2S. The lowest BCUT2D eigenvalue weighted by atomic mass is 10.0. The van der Waals surface area contributed by atoms with Crippen LogP contribution in [0.1, 0.15) is 31.9 Å². The average molecular weight is 375 g/mol. The predicted octanol–water partition coefficient (Wildman–Crippen LogP) is 4.34. The highest BCUT2D eigenvalue weighted by Gasteiger charge is 2.73. The summed E-state index contributed by atoms with van der Waals surface area (Å²) in [5, 5.41) is 9.17. The number of carbonyl (C=O) groups excluding carboxylic acids is 1. The van der Waals surface area contributed by atoms with Crippen LogP contribution in [0.4, 0.5) is 17.6 Å². The smallest absolute Gasteiger partial charge is 0.311 e. The molecule has 0 radical (unpaired) electrons. The van der Waals surface area contributed by atoms with Crippen LogP contribution in [0.5, 0.6) is 0 Å². The summed E-state index contributed by atoms with van der Waals surface area (Å²) in [7, 11) is 0. The number of esters is 1. The molecule has 25 heavy (non-hydrogen) atoms. The second-order valence-corrected chi connectivity index (χ2v) is 7.59. The van der Waals surface area contributed by atoms with Crippen molar-refractivity contribution in [1.29, 1.82) is 5.26 Å². The molecule has 1 aliphatic carbocycles. The second kappa shape index (κ2) is 6.52. The number of ether oxygens (including phenoxy) is 1. The van der Waals surface area contributed by atoms with E-state index in [1.807, 2.05) is 6.07 Å². The van der Waals surface area contributed by atoms with E-state index in [-0.39, 0.29) is 5.75 Å². The van der Waals surface area contributed by atoms with E-state index in [0.717, 1.165) is 11.8 Å². The summed E-state index contributed by atoms with van der Waals surface area (Å²) >= 11 is 1.01. The van der Waals surface area contributed by atoms with Crippen LogP contribution in [0.2, 0.25) is 0 Å². The molecule has 1 aromatic carbocycles. The molecule has 0 amide bonds. The minimum atomic E-state index is -1.58. The molecule has 0 saturated heterocycles. The largest absolute Gasteiger partial charge is 0.460 e. The third kappa shape index (κ3) is 2.88. The molecule has 0 aromatic heterocycles. The van der Waals surface area contributed by atoms with Crippen LogP contribution >= 0.6 is 11.8 Å². The average Bonchev–Trinajstić information content (AvgIpc) is 3.02. The number of hydrogen-bond acceptors (Lipinski definition) is 4. The van der Waals surface area contributed by atoms with E-state index in [1.165, 1.54) is 6.26 Å². The van der Waals surface area contributed by atoms with Gasteiger partial charge in [0, 0.05) is 11.3 Å². The Labute approximate surface area is 147 Å². The molecule has 3 nitrogen and oxygen atoms in total. The van der Waals surface area contributed by atoms with Gasteiger partial charge in [-0.1, -0.05) is 13.8 Å². The van der Waals surface area contributed by atoms with Gasteiger partial charge in [-0.3, -0.25) is 4.79 Å². The summed E-state index contributed by atoms with van der Waals surface area (Å²) in [5.41, 5.74) is -3.29. The van der Waals surface area contributed by atoms with E-state index >= 15 is 0 Å². The van der Waals surface area contributed by atoms with Crippen LogP contribution in [0.3, 0.4) is 0 Å². The van der Waals surface area contributed by atoms with E-state index in [1.54, 1.807) is 20.8 Å². The number of nitriles is 1. The number of rotatable bonds is 5. The molecule has 0 unspecified atom stereocenters. The summed E-state index contributed by atoms with van der Waals surface area (Å²) < 4.78 is 60.7. The van der Waals surface area contributed by atoms with Gasteiger partial charge < -0.3 is 4.74 Å². The lowest BCUT2D eigenvalue weighted by Gasteiger charge is -2.12. The zero-order valence-corrected chi connectivity index (χ0v) is 15.0. The van der Waals surface area contributed by atoms with Crippen LogP contribution in [0.25, 0.3) is 0 Å². The topological polar surface area (TPSA) is 50.1 Å². The van der Waals surface area contributed by atoms with Gasteiger partial charge in [0.2, 0.25) is 0 Å². The molecule has 2 atom stereocenters. The molecule has 2 rings (SSSR count). The molecule has 0 spiro atoms. The van der Waals surface area contributed by atoms with E-state index in [9.17, 15) is 22.4 Å². The van der Waals surface area contributed by atoms with Gasteiger partial charge in [-0.2, -0.15) is 17.0 Å². The first-order valence-electron chi connectivity index (χ1n) is 7.45. The number of thioether (sulfide) groups is 1. The Morgan fingerprint density at radius 1 is 1.12 bits per heavy atom. The van der Waals surface area contributed by atoms with Gasteiger partial charge in [-0.15, -0.1) is 0 Å². The van der Waals surface area contributed by atoms with Gasteiger partial charge >= 0.3 is 5.97 Å². The van der Waals surface area contributed by atoms with Gasteiger partial charge in [0.1, 0.15) is 6.61 Å². The Bertz CT molecular complexity index is 746. The maximum atomic E-state index is 14.0. The van der Waals surface area contributed by atoms with Crippen LogP contribution in [0, 0.1) is 51.3 Å². The van der Waals surface area contributed by atoms with Crippen molar-refractivity contribution in [3.63, 3.8) is 0 Å². The van der Waals surface area contributed by atoms with Gasteiger partial charge in [0.05, 0.1) is 23.0 Å². The molecule has 0 heterocycles. The van der Waals surface area contributed by atoms with Crippen LogP contribution in [0.15, 0.2) is 0 Å². The Kier molecular flexibility index (Phi) is 5.11. The van der Waals surface area contributed by atoms with Crippen molar-refractivity contribution in [2.75, 3.05) is 6.26 Å². The third-order valence-corrected chi connectivity index (χ3v) is 5.69. The highest BCUT2D eigenvalue weighted by Crippen LogP contribution is 2.68. The molecular weight excluding hydrogens is 358 g/mol. The molecule has 8 heteroatoms. The summed E-state index contributed by atoms with van der Waals surface area (Å²) in [5.74, 6) is -7.98. The molecule has 136 valence electrons. The van der Waals surface area contributed by atoms with Crippen molar-refractivity contribution in [2.24, 2.45) is 16.7 Å². The van der Waals surface area contributed by atoms with Crippen molar-refractivity contribution in [3.05, 3.63) is 34.4 Å². The van der Waals surface area contributed by atoms with Crippen molar-refractivity contribution >= 4 is 17.7 Å². The zero-order chi connectivity index (χ0) is 19.2. The number of hydrogen-bond donors (Lipinski definition) is 0. The third-order valence-electron chi connectivity index (χ3n) is 5.11. The molecule has 1 aliphatic rings. The maximum Gasteiger partial charge on any atom is 0.311 e. The fourth-order valence-corrected chi connectivity index (χ4v) is 3.61. The molecule has 0 bridgehead atoms. The molecule has 1 fully saturated rings. The first-order chi connectivity index (χ1) is 11.5. The highest BCUT2D eigenvalue weighted by atomic mass is 32.2. The minimum absolute atomic E-state index is 0.234. The van der Waals surface area contributed by atoms with E-state index in [2.05, 4.69) is 0 Å². The zero-order valence-electron chi connectivity index (χ0n) is 14.2. The fourth-order valence-electron chi connectivity index (χ4n) is 3.07. The predicted molar refractivity (Wildman–Crippen MR) is 84.3 cm³/mol. The Hall–Kier alpha value is -1.75. The number of carbonyl (C=O) groups is 1. The fraction of sp³-hybridized carbons (Fsp3) is 0.529. The molecule has 1 aromatic rings. The number of nitrogens with zero attached hydrogens (tertiary/aromatic N) is 1. The summed E-state index contributed by atoms with van der Waals surface area (Å²) in [6, 6.07) is 2.03. The lowest BCUT2D eigenvalue weighted by molar-refractivity contribution is -0.148. The maximum absolute atomic E-state index is 14.0. The Morgan fingerprint density at radius 2 is 1.60 bits per heavy atom. The van der Waals surface area contributed by atoms with Crippen LogP contribution in [-0.4, -0.2) is 12.2 Å². The van der Waals surface area contributed by atoms with Crippen LogP contribution in [-0.2, 0) is 21.9 Å². The van der Waals surface area contributed by atoms with Crippen molar-refractivity contribution in [3.8, 4) is 6.07 Å². The van der Waals surface area contributed by atoms with E-state index < -0.39 is 63.7 Å². The Morgan fingerprint density at radius 3 is 2.00 bits per heavy atom. The first-order valence-corrected chi connectivity index (χ1v) is 8.84. The SMILES string of the molecule is CSCc1c(F)c(F)c(COC(=O)[C@H]2C(C)(C)[C@@]2(C)C#N)c(F)c1F. The van der Waals surface area contributed by atoms with Crippen molar-refractivity contribution in [1.82, 2.24) is 0 Å². The number of benzene rings is 1. The molecule has 0 aliphatic heterocycles.